The fraction of sp³-hybridized carbons (Fsp3) is 0.0400. The zero-order valence-corrected chi connectivity index (χ0v) is 20.3. The van der Waals surface area contributed by atoms with Gasteiger partial charge in [-0.2, -0.15) is 10.2 Å². The quantitative estimate of drug-likeness (QED) is 0.205. The maximum absolute atomic E-state index is 12.2. The van der Waals surface area contributed by atoms with Crippen LogP contribution in [0.2, 0.25) is 5.02 Å². The molecule has 0 radical (unpaired) electrons. The van der Waals surface area contributed by atoms with E-state index in [1.807, 2.05) is 61.5 Å². The number of halogens is 2. The molecule has 4 aromatic rings. The van der Waals surface area contributed by atoms with E-state index in [1.54, 1.807) is 29.1 Å². The van der Waals surface area contributed by atoms with Crippen LogP contribution < -0.4 is 10.7 Å². The molecule has 9 heteroatoms. The Labute approximate surface area is 209 Å². The summed E-state index contributed by atoms with van der Waals surface area (Å²) in [6.45, 7) is 1.85. The van der Waals surface area contributed by atoms with Crippen molar-refractivity contribution in [1.29, 1.82) is 0 Å². The summed E-state index contributed by atoms with van der Waals surface area (Å²) in [5.74, 6) is -1.77. The minimum atomic E-state index is -0.909. The highest BCUT2D eigenvalue weighted by Gasteiger charge is 2.15. The number of amides is 2. The van der Waals surface area contributed by atoms with Gasteiger partial charge in [-0.3, -0.25) is 9.59 Å². The number of benzene rings is 3. The van der Waals surface area contributed by atoms with Crippen molar-refractivity contribution in [2.45, 2.75) is 6.92 Å². The van der Waals surface area contributed by atoms with Crippen LogP contribution in [0, 0.1) is 6.92 Å². The molecule has 0 unspecified atom stereocenters. The lowest BCUT2D eigenvalue weighted by Gasteiger charge is -2.05. The summed E-state index contributed by atoms with van der Waals surface area (Å²) in [6.07, 6.45) is 3.26. The topological polar surface area (TPSA) is 88.4 Å². The molecule has 4 rings (SSSR count). The molecule has 0 aliphatic carbocycles. The standard InChI is InChI=1S/C25H19BrClN5O2/c1-16-7-12-20(13-22(16)27)29-24(33)25(34)30-28-14-18-15-32(21-5-3-2-4-6-21)31-23(18)17-8-10-19(26)11-9-17/h2-15H,1H3,(H,29,33)(H,30,34)/b28-14-. The van der Waals surface area contributed by atoms with Gasteiger partial charge in [0.05, 0.1) is 11.9 Å². The van der Waals surface area contributed by atoms with E-state index in [2.05, 4.69) is 31.8 Å². The molecule has 0 bridgehead atoms. The smallest absolute Gasteiger partial charge is 0.318 e. The summed E-state index contributed by atoms with van der Waals surface area (Å²) in [5.41, 5.74) is 6.63. The molecule has 0 aliphatic rings. The van der Waals surface area contributed by atoms with Crippen molar-refractivity contribution >= 4 is 51.2 Å². The minimum absolute atomic E-state index is 0.418. The maximum atomic E-state index is 12.2. The fourth-order valence-corrected chi connectivity index (χ4v) is 3.54. The molecular weight excluding hydrogens is 518 g/mol. The van der Waals surface area contributed by atoms with Crippen molar-refractivity contribution in [3.05, 3.63) is 99.6 Å². The Morgan fingerprint density at radius 1 is 1.03 bits per heavy atom. The highest BCUT2D eigenvalue weighted by Crippen LogP contribution is 2.24. The molecule has 0 saturated heterocycles. The molecule has 0 spiro atoms. The van der Waals surface area contributed by atoms with Crippen molar-refractivity contribution in [2.75, 3.05) is 5.32 Å². The first kappa shape index (κ1) is 23.4. The predicted molar refractivity (Wildman–Crippen MR) is 137 cm³/mol. The normalized spacial score (nSPS) is 10.9. The number of hydrogen-bond donors (Lipinski definition) is 2. The second kappa shape index (κ2) is 10.5. The molecule has 1 heterocycles. The molecule has 0 fully saturated rings. The molecule has 34 heavy (non-hydrogen) atoms. The molecule has 7 nitrogen and oxygen atoms in total. The van der Waals surface area contributed by atoms with E-state index < -0.39 is 11.8 Å². The fourth-order valence-electron chi connectivity index (χ4n) is 3.10. The van der Waals surface area contributed by atoms with E-state index in [0.717, 1.165) is 21.3 Å². The summed E-state index contributed by atoms with van der Waals surface area (Å²) in [4.78, 5) is 24.4. The van der Waals surface area contributed by atoms with Gasteiger partial charge in [-0.15, -0.1) is 0 Å². The summed E-state index contributed by atoms with van der Waals surface area (Å²) >= 11 is 9.50. The predicted octanol–water partition coefficient (Wildman–Crippen LogP) is 5.35. The lowest BCUT2D eigenvalue weighted by atomic mass is 10.1. The first-order chi connectivity index (χ1) is 16.4. The number of anilines is 1. The van der Waals surface area contributed by atoms with E-state index in [1.165, 1.54) is 6.21 Å². The second-order valence-electron chi connectivity index (χ2n) is 7.34. The van der Waals surface area contributed by atoms with Gasteiger partial charge in [-0.05, 0) is 48.9 Å². The van der Waals surface area contributed by atoms with Crippen LogP contribution in [0.15, 0.2) is 88.6 Å². The molecule has 2 amide bonds. The highest BCUT2D eigenvalue weighted by atomic mass is 79.9. The SMILES string of the molecule is Cc1ccc(NC(=O)C(=O)N/N=C\c2cn(-c3ccccc3)nc2-c2ccc(Br)cc2)cc1Cl. The van der Waals surface area contributed by atoms with Crippen molar-refractivity contribution in [3.8, 4) is 16.9 Å². The lowest BCUT2D eigenvalue weighted by molar-refractivity contribution is -0.136. The van der Waals surface area contributed by atoms with Crippen LogP contribution >= 0.6 is 27.5 Å². The average Bonchev–Trinajstić information content (AvgIpc) is 3.26. The van der Waals surface area contributed by atoms with Gasteiger partial charge in [0.15, 0.2) is 0 Å². The Morgan fingerprint density at radius 2 is 1.76 bits per heavy atom. The minimum Gasteiger partial charge on any atom is -0.318 e. The van der Waals surface area contributed by atoms with Crippen molar-refractivity contribution in [2.24, 2.45) is 5.10 Å². The Kier molecular flexibility index (Phi) is 7.20. The van der Waals surface area contributed by atoms with Crippen LogP contribution in [0.1, 0.15) is 11.1 Å². The molecule has 0 saturated carbocycles. The Bertz CT molecular complexity index is 1370. The van der Waals surface area contributed by atoms with Gasteiger partial charge in [0.2, 0.25) is 0 Å². The zero-order chi connectivity index (χ0) is 24.1. The number of aromatic nitrogens is 2. The third kappa shape index (κ3) is 5.59. The second-order valence-corrected chi connectivity index (χ2v) is 8.66. The Morgan fingerprint density at radius 3 is 2.47 bits per heavy atom. The number of aryl methyl sites for hydroxylation is 1. The summed E-state index contributed by atoms with van der Waals surface area (Å²) in [6, 6.07) is 22.3. The van der Waals surface area contributed by atoms with Gasteiger partial charge in [0.25, 0.3) is 0 Å². The summed E-state index contributed by atoms with van der Waals surface area (Å²) in [5, 5.41) is 11.7. The van der Waals surface area contributed by atoms with E-state index in [0.29, 0.717) is 22.0 Å². The van der Waals surface area contributed by atoms with Crippen LogP contribution in [0.4, 0.5) is 5.69 Å². The molecule has 2 N–H and O–H groups in total. The number of hydrogen-bond acceptors (Lipinski definition) is 4. The number of para-hydroxylation sites is 1. The van der Waals surface area contributed by atoms with E-state index >= 15 is 0 Å². The third-order valence-corrected chi connectivity index (χ3v) is 5.82. The monoisotopic (exact) mass is 535 g/mol. The van der Waals surface area contributed by atoms with E-state index in [4.69, 9.17) is 16.7 Å². The van der Waals surface area contributed by atoms with Crippen LogP contribution in [0.5, 0.6) is 0 Å². The van der Waals surface area contributed by atoms with Gasteiger partial charge in [0, 0.05) is 32.5 Å². The molecular formula is C25H19BrClN5O2. The number of nitrogens with one attached hydrogen (secondary N) is 2. The first-order valence-corrected chi connectivity index (χ1v) is 11.4. The van der Waals surface area contributed by atoms with E-state index in [9.17, 15) is 9.59 Å². The third-order valence-electron chi connectivity index (χ3n) is 4.89. The van der Waals surface area contributed by atoms with E-state index in [-0.39, 0.29) is 0 Å². The highest BCUT2D eigenvalue weighted by molar-refractivity contribution is 9.10. The maximum Gasteiger partial charge on any atom is 0.329 e. The molecule has 0 aliphatic heterocycles. The Hall–Kier alpha value is -3.75. The van der Waals surface area contributed by atoms with Gasteiger partial charge in [-0.1, -0.05) is 63.9 Å². The van der Waals surface area contributed by atoms with Gasteiger partial charge in [-0.25, -0.2) is 10.1 Å². The van der Waals surface area contributed by atoms with Gasteiger partial charge in [0.1, 0.15) is 5.69 Å². The van der Waals surface area contributed by atoms with Crippen molar-refractivity contribution < 1.29 is 9.59 Å². The average molecular weight is 537 g/mol. The number of carbonyl (C=O) groups excluding carboxylic acids is 2. The lowest BCUT2D eigenvalue weighted by Crippen LogP contribution is -2.32. The number of nitrogens with zero attached hydrogens (tertiary/aromatic N) is 3. The van der Waals surface area contributed by atoms with Gasteiger partial charge >= 0.3 is 11.8 Å². The van der Waals surface area contributed by atoms with Crippen LogP contribution in [-0.4, -0.2) is 27.8 Å². The molecule has 0 atom stereocenters. The molecule has 1 aromatic heterocycles. The molecule has 3 aromatic carbocycles. The summed E-state index contributed by atoms with van der Waals surface area (Å²) < 4.78 is 2.68. The van der Waals surface area contributed by atoms with Crippen LogP contribution in [0.3, 0.4) is 0 Å². The van der Waals surface area contributed by atoms with Crippen LogP contribution in [0.25, 0.3) is 16.9 Å². The largest absolute Gasteiger partial charge is 0.329 e. The first-order valence-electron chi connectivity index (χ1n) is 10.2. The molecule has 170 valence electrons. The van der Waals surface area contributed by atoms with Gasteiger partial charge < -0.3 is 5.32 Å². The number of carbonyl (C=O) groups is 2. The zero-order valence-electron chi connectivity index (χ0n) is 18.0. The van der Waals surface area contributed by atoms with Crippen molar-refractivity contribution in [3.63, 3.8) is 0 Å². The summed E-state index contributed by atoms with van der Waals surface area (Å²) in [7, 11) is 0. The van der Waals surface area contributed by atoms with Crippen LogP contribution in [-0.2, 0) is 9.59 Å². The van der Waals surface area contributed by atoms with Crippen molar-refractivity contribution in [1.82, 2.24) is 15.2 Å². The Balaban J connectivity index is 1.52. The number of rotatable bonds is 5. The number of hydrazone groups is 1.